The number of nitrogens with zero attached hydrogens (tertiary/aromatic N) is 3. The molecule has 0 unspecified atom stereocenters. The fourth-order valence-electron chi connectivity index (χ4n) is 1.39. The van der Waals surface area contributed by atoms with Crippen molar-refractivity contribution in [2.24, 2.45) is 10.2 Å². The Morgan fingerprint density at radius 2 is 1.86 bits per heavy atom. The number of nitro groups is 1. The summed E-state index contributed by atoms with van der Waals surface area (Å²) in [5, 5.41) is 35.9. The van der Waals surface area contributed by atoms with E-state index < -0.39 is 22.4 Å². The molecule has 9 nitrogen and oxygen atoms in total. The summed E-state index contributed by atoms with van der Waals surface area (Å²) in [6, 6.07) is 3.04. The maximum absolute atomic E-state index is 11.2. The topological polar surface area (TPSA) is 142 Å². The number of carboxylic acids is 1. The smallest absolute Gasteiger partial charge is 0.335 e. The van der Waals surface area contributed by atoms with Crippen molar-refractivity contribution < 1.29 is 24.7 Å². The number of ketones is 1. The van der Waals surface area contributed by atoms with Crippen molar-refractivity contribution in [2.45, 2.75) is 13.8 Å². The number of carbonyl (C=O) groups is 2. The van der Waals surface area contributed by atoms with Crippen molar-refractivity contribution in [2.75, 3.05) is 0 Å². The first-order valence-electron chi connectivity index (χ1n) is 5.58. The molecular weight excluding hydrogens is 282 g/mol. The number of aromatic carboxylic acids is 1. The fraction of sp³-hybridized carbons (Fsp3) is 0.167. The van der Waals surface area contributed by atoms with E-state index in [0.29, 0.717) is 0 Å². The molecule has 1 aromatic carbocycles. The van der Waals surface area contributed by atoms with Gasteiger partial charge in [-0.2, -0.15) is 0 Å². The Labute approximate surface area is 118 Å². The molecule has 0 heterocycles. The lowest BCUT2D eigenvalue weighted by Crippen LogP contribution is -1.98. The second kappa shape index (κ2) is 6.37. The third kappa shape index (κ3) is 3.93. The quantitative estimate of drug-likeness (QED) is 0.281. The van der Waals surface area contributed by atoms with Gasteiger partial charge in [0, 0.05) is 13.0 Å². The number of hydrogen-bond acceptors (Lipinski definition) is 7. The summed E-state index contributed by atoms with van der Waals surface area (Å²) in [5.41, 5.74) is -1.42. The molecule has 1 rings (SSSR count). The predicted octanol–water partition coefficient (Wildman–Crippen LogP) is 2.76. The van der Waals surface area contributed by atoms with Crippen LogP contribution in [0.25, 0.3) is 0 Å². The Hall–Kier alpha value is -3.10. The zero-order valence-corrected chi connectivity index (χ0v) is 11.1. The van der Waals surface area contributed by atoms with Crippen LogP contribution in [0.2, 0.25) is 0 Å². The number of carbonyl (C=O) groups excluding carboxylic acids is 1. The molecule has 0 radical (unpaired) electrons. The number of aliphatic hydroxyl groups excluding tert-OH is 1. The fourth-order valence-corrected chi connectivity index (χ4v) is 1.39. The molecule has 0 fully saturated rings. The molecule has 0 aliphatic heterocycles. The maximum atomic E-state index is 11.2. The number of rotatable bonds is 5. The van der Waals surface area contributed by atoms with Gasteiger partial charge in [-0.1, -0.05) is 0 Å². The lowest BCUT2D eigenvalue weighted by Gasteiger charge is -2.00. The summed E-state index contributed by atoms with van der Waals surface area (Å²) < 4.78 is 0. The van der Waals surface area contributed by atoms with E-state index in [1.807, 2.05) is 0 Å². The van der Waals surface area contributed by atoms with E-state index in [9.17, 15) is 24.8 Å². The Balaban J connectivity index is 3.32. The zero-order valence-electron chi connectivity index (χ0n) is 11.1. The molecule has 0 bridgehead atoms. The van der Waals surface area contributed by atoms with Crippen LogP contribution in [0.1, 0.15) is 24.2 Å². The predicted molar refractivity (Wildman–Crippen MR) is 70.6 cm³/mol. The van der Waals surface area contributed by atoms with Gasteiger partial charge in [-0.05, 0) is 19.1 Å². The van der Waals surface area contributed by atoms with Crippen LogP contribution < -0.4 is 0 Å². The highest BCUT2D eigenvalue weighted by molar-refractivity contribution is 5.93. The SMILES string of the molecule is CC(=O)/C(N=Nc1ccc(C(=O)O)cc1[N+](=O)[O-])=C(\C)O. The van der Waals surface area contributed by atoms with E-state index in [4.69, 9.17) is 5.11 Å². The van der Waals surface area contributed by atoms with Crippen molar-refractivity contribution >= 4 is 23.1 Å². The molecule has 0 spiro atoms. The van der Waals surface area contributed by atoms with Crippen molar-refractivity contribution in [1.29, 1.82) is 0 Å². The minimum atomic E-state index is -1.32. The van der Waals surface area contributed by atoms with Crippen LogP contribution in [0.15, 0.2) is 39.9 Å². The Morgan fingerprint density at radius 1 is 1.24 bits per heavy atom. The summed E-state index contributed by atoms with van der Waals surface area (Å²) in [6.07, 6.45) is 0. The van der Waals surface area contributed by atoms with Gasteiger partial charge in [-0.3, -0.25) is 14.9 Å². The van der Waals surface area contributed by atoms with E-state index in [1.165, 1.54) is 6.92 Å². The number of carboxylic acid groups (broad SMARTS) is 1. The number of hydrogen-bond donors (Lipinski definition) is 2. The number of nitro benzene ring substituents is 1. The lowest BCUT2D eigenvalue weighted by molar-refractivity contribution is -0.384. The van der Waals surface area contributed by atoms with E-state index >= 15 is 0 Å². The average Bonchev–Trinajstić information content (AvgIpc) is 2.37. The Morgan fingerprint density at radius 3 is 2.29 bits per heavy atom. The molecule has 0 saturated heterocycles. The average molecular weight is 293 g/mol. The monoisotopic (exact) mass is 293 g/mol. The molecule has 110 valence electrons. The molecule has 9 heteroatoms. The molecule has 0 aromatic heterocycles. The highest BCUT2D eigenvalue weighted by Gasteiger charge is 2.17. The minimum Gasteiger partial charge on any atom is -0.510 e. The van der Waals surface area contributed by atoms with Gasteiger partial charge in [-0.25, -0.2) is 4.79 Å². The van der Waals surface area contributed by atoms with E-state index in [1.54, 1.807) is 0 Å². The van der Waals surface area contributed by atoms with Crippen LogP contribution in [-0.4, -0.2) is 26.9 Å². The van der Waals surface area contributed by atoms with Crippen LogP contribution in [-0.2, 0) is 4.79 Å². The van der Waals surface area contributed by atoms with Gasteiger partial charge in [0.25, 0.3) is 5.69 Å². The van der Waals surface area contributed by atoms with Crippen molar-refractivity contribution in [1.82, 2.24) is 0 Å². The summed E-state index contributed by atoms with van der Waals surface area (Å²) in [4.78, 5) is 32.0. The molecule has 0 atom stereocenters. The van der Waals surface area contributed by atoms with Gasteiger partial charge in [0.1, 0.15) is 5.76 Å². The minimum absolute atomic E-state index is 0.231. The first-order chi connectivity index (χ1) is 9.73. The van der Waals surface area contributed by atoms with Gasteiger partial charge >= 0.3 is 5.97 Å². The molecule has 0 aliphatic carbocycles. The molecule has 21 heavy (non-hydrogen) atoms. The third-order valence-electron chi connectivity index (χ3n) is 2.35. The maximum Gasteiger partial charge on any atom is 0.335 e. The van der Waals surface area contributed by atoms with Crippen molar-refractivity contribution in [3.8, 4) is 0 Å². The van der Waals surface area contributed by atoms with Gasteiger partial charge < -0.3 is 10.2 Å². The normalized spacial score (nSPS) is 12.1. The van der Waals surface area contributed by atoms with Crippen LogP contribution in [0.4, 0.5) is 11.4 Å². The van der Waals surface area contributed by atoms with Crippen LogP contribution in [0.3, 0.4) is 0 Å². The third-order valence-corrected chi connectivity index (χ3v) is 2.35. The second-order valence-electron chi connectivity index (χ2n) is 3.96. The zero-order chi connectivity index (χ0) is 16.2. The Bertz CT molecular complexity index is 674. The van der Waals surface area contributed by atoms with E-state index in [2.05, 4.69) is 10.2 Å². The first-order valence-corrected chi connectivity index (χ1v) is 5.58. The summed E-state index contributed by atoms with van der Waals surface area (Å²) in [5.74, 6) is -2.27. The Kier molecular flexibility index (Phi) is 4.84. The largest absolute Gasteiger partial charge is 0.510 e. The number of Topliss-reactive ketones (excluding diaryl/α,β-unsaturated/α-hetero) is 1. The molecule has 2 N–H and O–H groups in total. The van der Waals surface area contributed by atoms with Crippen LogP contribution in [0, 0.1) is 10.1 Å². The number of benzene rings is 1. The first kappa shape index (κ1) is 16.0. The van der Waals surface area contributed by atoms with Crippen LogP contribution >= 0.6 is 0 Å². The molecule has 0 amide bonds. The summed E-state index contributed by atoms with van der Waals surface area (Å²) >= 11 is 0. The molecule has 0 saturated carbocycles. The standard InChI is InChI=1S/C12H11N3O6/c1-6(16)11(7(2)17)14-13-9-4-3-8(12(18)19)5-10(9)15(20)21/h3-5,16H,1-2H3,(H,18,19)/b11-6-,14-13?. The van der Waals surface area contributed by atoms with Crippen LogP contribution in [0.5, 0.6) is 0 Å². The van der Waals surface area contributed by atoms with Crippen molar-refractivity contribution in [3.05, 3.63) is 45.3 Å². The second-order valence-corrected chi connectivity index (χ2v) is 3.96. The van der Waals surface area contributed by atoms with E-state index in [-0.39, 0.29) is 22.7 Å². The molecular formula is C12H11N3O6. The molecule has 1 aromatic rings. The summed E-state index contributed by atoms with van der Waals surface area (Å²) in [6.45, 7) is 2.37. The van der Waals surface area contributed by atoms with E-state index in [0.717, 1.165) is 25.1 Å². The van der Waals surface area contributed by atoms with Gasteiger partial charge in [0.05, 0.1) is 10.5 Å². The van der Waals surface area contributed by atoms with Crippen molar-refractivity contribution in [3.63, 3.8) is 0 Å². The van der Waals surface area contributed by atoms with Gasteiger partial charge in [0.15, 0.2) is 17.2 Å². The number of aliphatic hydroxyl groups is 1. The lowest BCUT2D eigenvalue weighted by atomic mass is 10.2. The highest BCUT2D eigenvalue weighted by Crippen LogP contribution is 2.29. The highest BCUT2D eigenvalue weighted by atomic mass is 16.6. The summed E-state index contributed by atoms with van der Waals surface area (Å²) in [7, 11) is 0. The van der Waals surface area contributed by atoms with Gasteiger partial charge in [0.2, 0.25) is 0 Å². The number of azo groups is 1. The molecule has 0 aliphatic rings. The van der Waals surface area contributed by atoms with Gasteiger partial charge in [-0.15, -0.1) is 10.2 Å². The number of allylic oxidation sites excluding steroid dienone is 2.